The van der Waals surface area contributed by atoms with E-state index in [9.17, 15) is 8.78 Å². The van der Waals surface area contributed by atoms with E-state index >= 15 is 0 Å². The molecule has 0 spiro atoms. The maximum absolute atomic E-state index is 13.0. The van der Waals surface area contributed by atoms with Gasteiger partial charge in [0.25, 0.3) is 0 Å². The highest BCUT2D eigenvalue weighted by molar-refractivity contribution is 9.10. The summed E-state index contributed by atoms with van der Waals surface area (Å²) in [5.41, 5.74) is 0.312. The first-order chi connectivity index (χ1) is 6.59. The fourth-order valence-electron chi connectivity index (χ4n) is 1.51. The molecule has 0 nitrogen and oxygen atoms in total. The quantitative estimate of drug-likeness (QED) is 0.534. The van der Waals surface area contributed by atoms with E-state index in [0.717, 1.165) is 18.9 Å². The topological polar surface area (TPSA) is 0 Å². The fraction of sp³-hybridized carbons (Fsp3) is 0.273. The largest absolute Gasteiger partial charge is 0.204 e. The third-order valence-corrected chi connectivity index (χ3v) is 3.21. The second-order valence-corrected chi connectivity index (χ2v) is 4.33. The van der Waals surface area contributed by atoms with Gasteiger partial charge in [-0.2, -0.15) is 0 Å². The predicted octanol–water partition coefficient (Wildman–Crippen LogP) is 3.39. The lowest BCUT2D eigenvalue weighted by Gasteiger charge is -2.10. The molecule has 0 heterocycles. The molecule has 3 heteroatoms. The summed E-state index contributed by atoms with van der Waals surface area (Å²) in [6.07, 6.45) is 7.05. The summed E-state index contributed by atoms with van der Waals surface area (Å²) < 4.78 is 26.4. The summed E-state index contributed by atoms with van der Waals surface area (Å²) >= 11 is 3.20. The third-order valence-electron chi connectivity index (χ3n) is 2.55. The zero-order valence-corrected chi connectivity index (χ0v) is 8.87. The Kier molecular flexibility index (Phi) is 2.11. The van der Waals surface area contributed by atoms with Gasteiger partial charge >= 0.3 is 0 Å². The van der Waals surface area contributed by atoms with Crippen LogP contribution >= 0.6 is 15.9 Å². The Morgan fingerprint density at radius 3 is 2.36 bits per heavy atom. The molecule has 0 unspecified atom stereocenters. The molecule has 72 valence electrons. The van der Waals surface area contributed by atoms with E-state index in [1.165, 1.54) is 6.07 Å². The summed E-state index contributed by atoms with van der Waals surface area (Å²) in [5.74, 6) is 0.941. The maximum atomic E-state index is 13.0. The molecule has 0 aromatic heterocycles. The van der Waals surface area contributed by atoms with Crippen molar-refractivity contribution in [2.24, 2.45) is 0 Å². The Morgan fingerprint density at radius 1 is 1.29 bits per heavy atom. The van der Waals surface area contributed by atoms with E-state index in [2.05, 4.69) is 21.9 Å². The Hall–Kier alpha value is -0.880. The number of hydrogen-bond donors (Lipinski definition) is 0. The molecule has 0 N–H and O–H groups in total. The number of halogens is 3. The van der Waals surface area contributed by atoms with E-state index in [1.807, 2.05) is 0 Å². The van der Waals surface area contributed by atoms with Crippen LogP contribution in [0.2, 0.25) is 0 Å². The smallest absolute Gasteiger partial charge is 0.159 e. The lowest BCUT2D eigenvalue weighted by molar-refractivity contribution is 0.505. The van der Waals surface area contributed by atoms with Gasteiger partial charge in [0.2, 0.25) is 0 Å². The van der Waals surface area contributed by atoms with Crippen LogP contribution in [0.5, 0.6) is 0 Å². The van der Waals surface area contributed by atoms with Crippen molar-refractivity contribution in [1.29, 1.82) is 0 Å². The zero-order valence-electron chi connectivity index (χ0n) is 7.28. The molecular formula is C11H7BrF2. The standard InChI is InChI=1S/C11H7BrF2/c1-2-11(3-4-11)7-5-9(13)10(14)6-8(7)12/h1,5-6H,3-4H2. The molecule has 0 bridgehead atoms. The van der Waals surface area contributed by atoms with Gasteiger partial charge in [0.05, 0.1) is 5.41 Å². The van der Waals surface area contributed by atoms with Gasteiger partial charge in [-0.05, 0) is 30.5 Å². The van der Waals surface area contributed by atoms with Gasteiger partial charge < -0.3 is 0 Å². The second-order valence-electron chi connectivity index (χ2n) is 3.47. The Bertz CT molecular complexity index is 428. The van der Waals surface area contributed by atoms with E-state index in [-0.39, 0.29) is 5.41 Å². The van der Waals surface area contributed by atoms with Crippen molar-refractivity contribution in [1.82, 2.24) is 0 Å². The van der Waals surface area contributed by atoms with Crippen LogP contribution in [-0.2, 0) is 5.41 Å². The highest BCUT2D eigenvalue weighted by atomic mass is 79.9. The van der Waals surface area contributed by atoms with Gasteiger partial charge in [-0.1, -0.05) is 21.9 Å². The third kappa shape index (κ3) is 1.34. The Morgan fingerprint density at radius 2 is 1.86 bits per heavy atom. The van der Waals surface area contributed by atoms with Gasteiger partial charge in [0.15, 0.2) is 11.6 Å². The minimum atomic E-state index is -0.853. The molecule has 1 aliphatic carbocycles. The first-order valence-corrected chi connectivity index (χ1v) is 5.01. The van der Waals surface area contributed by atoms with Gasteiger partial charge in [0.1, 0.15) is 0 Å². The average Bonchev–Trinajstić information content (AvgIpc) is 2.92. The maximum Gasteiger partial charge on any atom is 0.159 e. The number of hydrogen-bond acceptors (Lipinski definition) is 0. The molecule has 1 fully saturated rings. The van der Waals surface area contributed by atoms with Crippen LogP contribution in [0.4, 0.5) is 8.78 Å². The van der Waals surface area contributed by atoms with Crippen molar-refractivity contribution < 1.29 is 8.78 Å². The van der Waals surface area contributed by atoms with E-state index < -0.39 is 11.6 Å². The molecule has 0 amide bonds. The van der Waals surface area contributed by atoms with Crippen molar-refractivity contribution in [3.8, 4) is 12.3 Å². The van der Waals surface area contributed by atoms with Crippen LogP contribution in [0.25, 0.3) is 0 Å². The summed E-state index contributed by atoms with van der Waals surface area (Å²) in [4.78, 5) is 0. The van der Waals surface area contributed by atoms with Crippen LogP contribution in [0.3, 0.4) is 0 Å². The highest BCUT2D eigenvalue weighted by Crippen LogP contribution is 2.50. The minimum absolute atomic E-state index is 0.368. The van der Waals surface area contributed by atoms with E-state index in [1.54, 1.807) is 0 Å². The molecule has 1 saturated carbocycles. The summed E-state index contributed by atoms with van der Waals surface area (Å²) in [6.45, 7) is 0. The molecule has 1 aromatic rings. The normalized spacial score (nSPS) is 17.6. The fourth-order valence-corrected chi connectivity index (χ4v) is 2.20. The van der Waals surface area contributed by atoms with Crippen LogP contribution in [0.1, 0.15) is 18.4 Å². The monoisotopic (exact) mass is 256 g/mol. The van der Waals surface area contributed by atoms with Gasteiger partial charge in [-0.3, -0.25) is 0 Å². The SMILES string of the molecule is C#CC1(c2cc(F)c(F)cc2Br)CC1. The average molecular weight is 257 g/mol. The molecule has 14 heavy (non-hydrogen) atoms. The van der Waals surface area contributed by atoms with Crippen LogP contribution in [0.15, 0.2) is 16.6 Å². The minimum Gasteiger partial charge on any atom is -0.204 e. The van der Waals surface area contributed by atoms with Crippen molar-refractivity contribution in [2.75, 3.05) is 0 Å². The molecule has 0 radical (unpaired) electrons. The van der Waals surface area contributed by atoms with Gasteiger partial charge in [0, 0.05) is 4.47 Å². The molecule has 1 aromatic carbocycles. The van der Waals surface area contributed by atoms with Crippen molar-refractivity contribution >= 4 is 15.9 Å². The number of terminal acetylenes is 1. The van der Waals surface area contributed by atoms with Gasteiger partial charge in [-0.25, -0.2) is 8.78 Å². The molecule has 0 aliphatic heterocycles. The lowest BCUT2D eigenvalue weighted by Crippen LogP contribution is -2.05. The summed E-state index contributed by atoms with van der Waals surface area (Å²) in [5, 5.41) is 0. The predicted molar refractivity (Wildman–Crippen MR) is 53.8 cm³/mol. The van der Waals surface area contributed by atoms with E-state index in [0.29, 0.717) is 10.0 Å². The first kappa shape index (κ1) is 9.67. The molecule has 0 atom stereocenters. The zero-order chi connectivity index (χ0) is 10.3. The first-order valence-electron chi connectivity index (χ1n) is 4.22. The Balaban J connectivity index is 2.55. The van der Waals surface area contributed by atoms with E-state index in [4.69, 9.17) is 6.42 Å². The van der Waals surface area contributed by atoms with Crippen LogP contribution in [0, 0.1) is 24.0 Å². The summed E-state index contributed by atoms with van der Waals surface area (Å²) in [7, 11) is 0. The Labute approximate surface area is 89.4 Å². The second kappa shape index (κ2) is 3.06. The van der Waals surface area contributed by atoms with Crippen LogP contribution < -0.4 is 0 Å². The van der Waals surface area contributed by atoms with Crippen molar-refractivity contribution in [2.45, 2.75) is 18.3 Å². The molecule has 0 saturated heterocycles. The molecule has 2 rings (SSSR count). The molecule has 1 aliphatic rings. The van der Waals surface area contributed by atoms with Crippen LogP contribution in [-0.4, -0.2) is 0 Å². The van der Waals surface area contributed by atoms with Gasteiger partial charge in [-0.15, -0.1) is 6.42 Å². The number of rotatable bonds is 1. The lowest BCUT2D eigenvalue weighted by atomic mass is 9.97. The van der Waals surface area contributed by atoms with Crippen molar-refractivity contribution in [3.63, 3.8) is 0 Å². The highest BCUT2D eigenvalue weighted by Gasteiger charge is 2.44. The number of benzene rings is 1. The molecular weight excluding hydrogens is 250 g/mol. The summed E-state index contributed by atoms with van der Waals surface area (Å²) in [6, 6.07) is 2.31. The van der Waals surface area contributed by atoms with Crippen molar-refractivity contribution in [3.05, 3.63) is 33.8 Å².